The maximum absolute atomic E-state index is 13.1. The average Bonchev–Trinajstić information content (AvgIpc) is 2.44. The van der Waals surface area contributed by atoms with Gasteiger partial charge in [-0.15, -0.1) is 0 Å². The highest BCUT2D eigenvalue weighted by atomic mass is 35.5. The van der Waals surface area contributed by atoms with Crippen molar-refractivity contribution in [2.24, 2.45) is 0 Å². The first-order chi connectivity index (χ1) is 9.49. The summed E-state index contributed by atoms with van der Waals surface area (Å²) in [4.78, 5) is 2.43. The summed E-state index contributed by atoms with van der Waals surface area (Å²) in [5.74, 6) is -0.371. The summed E-state index contributed by atoms with van der Waals surface area (Å²) in [6.45, 7) is 9.55. The first-order valence-corrected chi connectivity index (χ1v) is 7.34. The molecule has 1 fully saturated rings. The van der Waals surface area contributed by atoms with Crippen LogP contribution in [0.5, 0.6) is 0 Å². The molecule has 0 aromatic heterocycles. The van der Waals surface area contributed by atoms with Gasteiger partial charge in [-0.05, 0) is 31.5 Å². The molecule has 20 heavy (non-hydrogen) atoms. The number of nitrogens with one attached hydrogen (secondary N) is 1. The molecule has 0 radical (unpaired) electrons. The molecule has 0 amide bonds. The van der Waals surface area contributed by atoms with Crippen molar-refractivity contribution < 1.29 is 9.13 Å². The fourth-order valence-corrected chi connectivity index (χ4v) is 2.65. The second kappa shape index (κ2) is 6.85. The van der Waals surface area contributed by atoms with Gasteiger partial charge in [0.05, 0.1) is 18.2 Å². The maximum Gasteiger partial charge on any atom is 0.141 e. The Labute approximate surface area is 125 Å². The van der Waals surface area contributed by atoms with E-state index in [1.54, 1.807) is 12.1 Å². The molecule has 1 aromatic carbocycles. The molecule has 0 unspecified atom stereocenters. The lowest BCUT2D eigenvalue weighted by molar-refractivity contribution is -0.00966. The smallest absolute Gasteiger partial charge is 0.141 e. The normalized spacial score (nSPS) is 17.4. The van der Waals surface area contributed by atoms with E-state index in [4.69, 9.17) is 16.3 Å². The van der Waals surface area contributed by atoms with Gasteiger partial charge in [-0.2, -0.15) is 0 Å². The van der Waals surface area contributed by atoms with Crippen LogP contribution in [0, 0.1) is 5.82 Å². The number of morpholine rings is 1. The minimum Gasteiger partial charge on any atom is -0.379 e. The van der Waals surface area contributed by atoms with Crippen LogP contribution >= 0.6 is 11.6 Å². The minimum absolute atomic E-state index is 0.0770. The van der Waals surface area contributed by atoms with E-state index in [-0.39, 0.29) is 16.4 Å². The molecule has 0 aliphatic carbocycles. The molecule has 1 heterocycles. The molecule has 0 saturated carbocycles. The van der Waals surface area contributed by atoms with Crippen molar-refractivity contribution in [1.82, 2.24) is 10.2 Å². The van der Waals surface area contributed by atoms with Crippen LogP contribution in [-0.2, 0) is 11.3 Å². The zero-order chi connectivity index (χ0) is 14.6. The third-order valence-corrected chi connectivity index (χ3v) is 4.03. The zero-order valence-corrected chi connectivity index (χ0v) is 12.8. The molecule has 1 aliphatic heterocycles. The molecule has 1 N–H and O–H groups in total. The molecule has 1 saturated heterocycles. The van der Waals surface area contributed by atoms with E-state index in [2.05, 4.69) is 24.1 Å². The predicted octanol–water partition coefficient (Wildman–Crippen LogP) is 2.68. The molecule has 0 bridgehead atoms. The van der Waals surface area contributed by atoms with Gasteiger partial charge in [0.25, 0.3) is 0 Å². The fourth-order valence-electron chi connectivity index (χ4n) is 2.44. The standard InChI is InChI=1S/C15H22ClFN2O/c1-15(2,19-5-7-20-8-6-19)11-18-10-12-3-4-14(17)13(16)9-12/h3-4,9,18H,5-8,10-11H2,1-2H3. The summed E-state index contributed by atoms with van der Waals surface area (Å²) in [6, 6.07) is 4.84. The zero-order valence-electron chi connectivity index (χ0n) is 12.1. The highest BCUT2D eigenvalue weighted by molar-refractivity contribution is 6.30. The van der Waals surface area contributed by atoms with E-state index < -0.39 is 0 Å². The Bertz CT molecular complexity index is 447. The lowest BCUT2D eigenvalue weighted by Gasteiger charge is -2.41. The summed E-state index contributed by atoms with van der Waals surface area (Å²) in [5.41, 5.74) is 1.07. The molecule has 3 nitrogen and oxygen atoms in total. The molecular formula is C15H22ClFN2O. The van der Waals surface area contributed by atoms with E-state index in [9.17, 15) is 4.39 Å². The van der Waals surface area contributed by atoms with Crippen LogP contribution in [0.4, 0.5) is 4.39 Å². The van der Waals surface area contributed by atoms with E-state index in [0.29, 0.717) is 6.54 Å². The van der Waals surface area contributed by atoms with Crippen LogP contribution in [0.15, 0.2) is 18.2 Å². The Morgan fingerprint density at radius 2 is 2.05 bits per heavy atom. The summed E-state index contributed by atoms with van der Waals surface area (Å²) in [5, 5.41) is 3.60. The van der Waals surface area contributed by atoms with Gasteiger partial charge in [0.2, 0.25) is 0 Å². The number of hydrogen-bond acceptors (Lipinski definition) is 3. The molecule has 1 aromatic rings. The van der Waals surface area contributed by atoms with Crippen LogP contribution in [0.25, 0.3) is 0 Å². The van der Waals surface area contributed by atoms with Gasteiger partial charge in [-0.1, -0.05) is 17.7 Å². The van der Waals surface area contributed by atoms with Gasteiger partial charge in [-0.3, -0.25) is 4.90 Å². The fraction of sp³-hybridized carbons (Fsp3) is 0.600. The SMILES string of the molecule is CC(C)(CNCc1ccc(F)c(Cl)c1)N1CCOCC1. The van der Waals surface area contributed by atoms with Crippen LogP contribution in [0.3, 0.4) is 0 Å². The first-order valence-electron chi connectivity index (χ1n) is 6.96. The average molecular weight is 301 g/mol. The van der Waals surface area contributed by atoms with Crippen molar-refractivity contribution >= 4 is 11.6 Å². The van der Waals surface area contributed by atoms with Crippen molar-refractivity contribution in [1.29, 1.82) is 0 Å². The Kier molecular flexibility index (Phi) is 5.38. The number of benzene rings is 1. The largest absolute Gasteiger partial charge is 0.379 e. The van der Waals surface area contributed by atoms with E-state index in [0.717, 1.165) is 38.4 Å². The van der Waals surface area contributed by atoms with Crippen LogP contribution in [-0.4, -0.2) is 43.3 Å². The van der Waals surface area contributed by atoms with Crippen molar-refractivity contribution in [3.63, 3.8) is 0 Å². The lowest BCUT2D eigenvalue weighted by atomic mass is 10.0. The van der Waals surface area contributed by atoms with Gasteiger partial charge >= 0.3 is 0 Å². The third kappa shape index (κ3) is 4.16. The number of ether oxygens (including phenoxy) is 1. The Morgan fingerprint density at radius 3 is 2.70 bits per heavy atom. The number of hydrogen-bond donors (Lipinski definition) is 1. The molecule has 112 valence electrons. The maximum atomic E-state index is 13.1. The number of rotatable bonds is 5. The van der Waals surface area contributed by atoms with Crippen molar-refractivity contribution in [2.45, 2.75) is 25.9 Å². The quantitative estimate of drug-likeness (QED) is 0.905. The first kappa shape index (κ1) is 15.7. The van der Waals surface area contributed by atoms with E-state index in [1.807, 2.05) is 0 Å². The summed E-state index contributed by atoms with van der Waals surface area (Å²) in [7, 11) is 0. The molecule has 2 rings (SSSR count). The minimum atomic E-state index is -0.371. The van der Waals surface area contributed by atoms with Gasteiger partial charge in [-0.25, -0.2) is 4.39 Å². The molecule has 5 heteroatoms. The lowest BCUT2D eigenvalue weighted by Crippen LogP contribution is -2.54. The Balaban J connectivity index is 1.83. The van der Waals surface area contributed by atoms with E-state index >= 15 is 0 Å². The molecule has 0 atom stereocenters. The Morgan fingerprint density at radius 1 is 1.35 bits per heavy atom. The number of halogens is 2. The molecule has 1 aliphatic rings. The van der Waals surface area contributed by atoms with E-state index in [1.165, 1.54) is 6.07 Å². The van der Waals surface area contributed by atoms with Crippen LogP contribution < -0.4 is 5.32 Å². The van der Waals surface area contributed by atoms with Gasteiger partial charge in [0.15, 0.2) is 0 Å². The Hall–Kier alpha value is -0.680. The van der Waals surface area contributed by atoms with Crippen molar-refractivity contribution in [3.05, 3.63) is 34.6 Å². The highest BCUT2D eigenvalue weighted by Crippen LogP contribution is 2.17. The van der Waals surface area contributed by atoms with Crippen LogP contribution in [0.1, 0.15) is 19.4 Å². The molecule has 0 spiro atoms. The summed E-state index contributed by atoms with van der Waals surface area (Å²) < 4.78 is 18.5. The van der Waals surface area contributed by atoms with Crippen LogP contribution in [0.2, 0.25) is 5.02 Å². The number of nitrogens with zero attached hydrogens (tertiary/aromatic N) is 1. The van der Waals surface area contributed by atoms with Crippen molar-refractivity contribution in [2.75, 3.05) is 32.8 Å². The van der Waals surface area contributed by atoms with Crippen molar-refractivity contribution in [3.8, 4) is 0 Å². The van der Waals surface area contributed by atoms with Gasteiger partial charge in [0, 0.05) is 31.7 Å². The predicted molar refractivity (Wildman–Crippen MR) is 79.6 cm³/mol. The second-order valence-electron chi connectivity index (χ2n) is 5.76. The third-order valence-electron chi connectivity index (χ3n) is 3.74. The monoisotopic (exact) mass is 300 g/mol. The van der Waals surface area contributed by atoms with Gasteiger partial charge < -0.3 is 10.1 Å². The highest BCUT2D eigenvalue weighted by Gasteiger charge is 2.27. The topological polar surface area (TPSA) is 24.5 Å². The summed E-state index contributed by atoms with van der Waals surface area (Å²) >= 11 is 5.78. The summed E-state index contributed by atoms with van der Waals surface area (Å²) in [6.07, 6.45) is 0. The van der Waals surface area contributed by atoms with Gasteiger partial charge in [0.1, 0.15) is 5.82 Å². The second-order valence-corrected chi connectivity index (χ2v) is 6.17. The molecular weight excluding hydrogens is 279 g/mol.